The van der Waals surface area contributed by atoms with Gasteiger partial charge in [-0.1, -0.05) is 23.7 Å². The third-order valence-corrected chi connectivity index (χ3v) is 3.75. The second-order valence-corrected chi connectivity index (χ2v) is 6.23. The Balaban J connectivity index is 1.76. The van der Waals surface area contributed by atoms with Gasteiger partial charge in [-0.05, 0) is 50.3 Å². The summed E-state index contributed by atoms with van der Waals surface area (Å²) in [5, 5.41) is 6.86. The zero-order valence-electron chi connectivity index (χ0n) is 14.1. The summed E-state index contributed by atoms with van der Waals surface area (Å²) in [5.41, 5.74) is 2.46. The molecule has 5 nitrogen and oxygen atoms in total. The number of carbonyl (C=O) groups is 1. The molecule has 0 spiro atoms. The van der Waals surface area contributed by atoms with E-state index in [0.717, 1.165) is 30.8 Å². The Bertz CT molecular complexity index is 641. The first-order valence-electron chi connectivity index (χ1n) is 7.92. The van der Waals surface area contributed by atoms with Gasteiger partial charge < -0.3 is 15.5 Å². The molecule has 128 valence electrons. The number of rotatable bonds is 8. The van der Waals surface area contributed by atoms with E-state index in [0.29, 0.717) is 17.3 Å². The molecule has 2 N–H and O–H groups in total. The first-order chi connectivity index (χ1) is 11.5. The monoisotopic (exact) mass is 346 g/mol. The van der Waals surface area contributed by atoms with Crippen LogP contribution in [0, 0.1) is 0 Å². The van der Waals surface area contributed by atoms with Crippen molar-refractivity contribution in [2.24, 2.45) is 0 Å². The Morgan fingerprint density at radius 3 is 2.50 bits per heavy atom. The van der Waals surface area contributed by atoms with E-state index < -0.39 is 0 Å². The molecule has 0 atom stereocenters. The normalized spacial score (nSPS) is 10.7. The molecule has 0 bridgehead atoms. The number of likely N-dealkylation sites (N-methyl/N-ethyl adjacent to an activating group) is 1. The van der Waals surface area contributed by atoms with Gasteiger partial charge in [-0.3, -0.25) is 4.79 Å². The van der Waals surface area contributed by atoms with Crippen LogP contribution < -0.4 is 10.6 Å². The highest BCUT2D eigenvalue weighted by Gasteiger charge is 2.06. The molecule has 24 heavy (non-hydrogen) atoms. The lowest BCUT2D eigenvalue weighted by molar-refractivity contribution is 0.0949. The highest BCUT2D eigenvalue weighted by Crippen LogP contribution is 2.10. The number of aromatic nitrogens is 1. The molecule has 0 fully saturated rings. The summed E-state index contributed by atoms with van der Waals surface area (Å²) in [7, 11) is 4.05. The van der Waals surface area contributed by atoms with Gasteiger partial charge in [0.1, 0.15) is 5.69 Å². The van der Waals surface area contributed by atoms with E-state index >= 15 is 0 Å². The lowest BCUT2D eigenvalue weighted by Crippen LogP contribution is -2.26. The van der Waals surface area contributed by atoms with Crippen LogP contribution in [0.3, 0.4) is 0 Å². The summed E-state index contributed by atoms with van der Waals surface area (Å²) in [6, 6.07) is 11.2. The fourth-order valence-corrected chi connectivity index (χ4v) is 2.24. The van der Waals surface area contributed by atoms with Crippen LogP contribution in [0.15, 0.2) is 42.6 Å². The van der Waals surface area contributed by atoms with Gasteiger partial charge in [0.25, 0.3) is 5.91 Å². The van der Waals surface area contributed by atoms with E-state index in [1.807, 2.05) is 44.4 Å². The zero-order valence-corrected chi connectivity index (χ0v) is 14.8. The summed E-state index contributed by atoms with van der Waals surface area (Å²) >= 11 is 5.85. The standard InChI is InChI=1S/C18H23ClN4O/c1-23(2)12-11-20-16-7-8-17(22-13-16)18(24)21-10-9-14-3-5-15(19)6-4-14/h3-8,13,20H,9-12H2,1-2H3,(H,21,24). The Morgan fingerprint density at radius 1 is 1.12 bits per heavy atom. The maximum absolute atomic E-state index is 12.1. The van der Waals surface area contributed by atoms with Gasteiger partial charge in [0, 0.05) is 24.7 Å². The van der Waals surface area contributed by atoms with E-state index in [-0.39, 0.29) is 5.91 Å². The van der Waals surface area contributed by atoms with Crippen LogP contribution in [0.4, 0.5) is 5.69 Å². The minimum atomic E-state index is -0.163. The molecule has 1 aromatic heterocycles. The zero-order chi connectivity index (χ0) is 17.4. The topological polar surface area (TPSA) is 57.3 Å². The van der Waals surface area contributed by atoms with Crippen molar-refractivity contribution < 1.29 is 4.79 Å². The van der Waals surface area contributed by atoms with Crippen molar-refractivity contribution in [3.05, 3.63) is 58.9 Å². The first-order valence-corrected chi connectivity index (χ1v) is 8.29. The molecule has 0 aliphatic heterocycles. The Labute approximate surface area is 148 Å². The van der Waals surface area contributed by atoms with Gasteiger partial charge in [-0.2, -0.15) is 0 Å². The van der Waals surface area contributed by atoms with Crippen molar-refractivity contribution >= 4 is 23.2 Å². The molecule has 1 amide bonds. The number of hydrogen-bond donors (Lipinski definition) is 2. The van der Waals surface area contributed by atoms with Crippen LogP contribution in [-0.4, -0.2) is 49.5 Å². The number of nitrogens with zero attached hydrogens (tertiary/aromatic N) is 2. The number of nitrogens with one attached hydrogen (secondary N) is 2. The molecule has 2 rings (SSSR count). The number of carbonyl (C=O) groups excluding carboxylic acids is 1. The van der Waals surface area contributed by atoms with Gasteiger partial charge in [0.05, 0.1) is 11.9 Å². The van der Waals surface area contributed by atoms with Crippen LogP contribution in [0.1, 0.15) is 16.1 Å². The molecule has 1 aromatic carbocycles. The van der Waals surface area contributed by atoms with E-state index in [9.17, 15) is 4.79 Å². The predicted octanol–water partition coefficient (Wildman–Crippen LogP) is 2.68. The highest BCUT2D eigenvalue weighted by atomic mass is 35.5. The van der Waals surface area contributed by atoms with Crippen LogP contribution >= 0.6 is 11.6 Å². The largest absolute Gasteiger partial charge is 0.383 e. The van der Waals surface area contributed by atoms with Crippen LogP contribution in [0.25, 0.3) is 0 Å². The van der Waals surface area contributed by atoms with E-state index in [2.05, 4.69) is 20.5 Å². The Morgan fingerprint density at radius 2 is 1.88 bits per heavy atom. The quantitative estimate of drug-likeness (QED) is 0.771. The summed E-state index contributed by atoms with van der Waals surface area (Å²) in [6.45, 7) is 2.33. The van der Waals surface area contributed by atoms with Crippen molar-refractivity contribution in [2.45, 2.75) is 6.42 Å². The van der Waals surface area contributed by atoms with Gasteiger partial charge in [-0.25, -0.2) is 4.98 Å². The number of pyridine rings is 1. The SMILES string of the molecule is CN(C)CCNc1ccc(C(=O)NCCc2ccc(Cl)cc2)nc1. The van der Waals surface area contributed by atoms with E-state index in [1.54, 1.807) is 12.3 Å². The number of hydrogen-bond acceptors (Lipinski definition) is 4. The van der Waals surface area contributed by atoms with Gasteiger partial charge >= 0.3 is 0 Å². The number of anilines is 1. The number of amides is 1. The highest BCUT2D eigenvalue weighted by molar-refractivity contribution is 6.30. The minimum absolute atomic E-state index is 0.163. The summed E-state index contributed by atoms with van der Waals surface area (Å²) in [5.74, 6) is -0.163. The third kappa shape index (κ3) is 6.18. The molecule has 0 unspecified atom stereocenters. The number of benzene rings is 1. The molecular formula is C18H23ClN4O. The molecule has 2 aromatic rings. The molecule has 0 saturated heterocycles. The molecule has 1 heterocycles. The fourth-order valence-electron chi connectivity index (χ4n) is 2.12. The maximum atomic E-state index is 12.1. The minimum Gasteiger partial charge on any atom is -0.383 e. The Hall–Kier alpha value is -2.11. The average Bonchev–Trinajstić information content (AvgIpc) is 2.57. The molecular weight excluding hydrogens is 324 g/mol. The van der Waals surface area contributed by atoms with Gasteiger partial charge in [-0.15, -0.1) is 0 Å². The second-order valence-electron chi connectivity index (χ2n) is 5.79. The predicted molar refractivity (Wildman–Crippen MR) is 98.8 cm³/mol. The van der Waals surface area contributed by atoms with Crippen molar-refractivity contribution in [1.29, 1.82) is 0 Å². The lowest BCUT2D eigenvalue weighted by Gasteiger charge is -2.11. The van der Waals surface area contributed by atoms with Crippen LogP contribution in [0.5, 0.6) is 0 Å². The van der Waals surface area contributed by atoms with Crippen LogP contribution in [0.2, 0.25) is 5.02 Å². The summed E-state index contributed by atoms with van der Waals surface area (Å²) < 4.78 is 0. The molecule has 0 aliphatic rings. The lowest BCUT2D eigenvalue weighted by atomic mass is 10.1. The van der Waals surface area contributed by atoms with E-state index in [1.165, 1.54) is 0 Å². The number of halogens is 1. The van der Waals surface area contributed by atoms with Crippen molar-refractivity contribution in [2.75, 3.05) is 39.0 Å². The fraction of sp³-hybridized carbons (Fsp3) is 0.333. The molecule has 0 aliphatic carbocycles. The summed E-state index contributed by atoms with van der Waals surface area (Å²) in [6.07, 6.45) is 2.44. The van der Waals surface area contributed by atoms with Crippen LogP contribution in [-0.2, 0) is 6.42 Å². The first kappa shape index (κ1) is 18.2. The second kappa shape index (κ2) is 9.25. The van der Waals surface area contributed by atoms with Gasteiger partial charge in [0.2, 0.25) is 0 Å². The molecule has 6 heteroatoms. The smallest absolute Gasteiger partial charge is 0.269 e. The molecule has 0 saturated carbocycles. The average molecular weight is 347 g/mol. The van der Waals surface area contributed by atoms with Crippen molar-refractivity contribution in [3.8, 4) is 0 Å². The Kier molecular flexibility index (Phi) is 7.03. The van der Waals surface area contributed by atoms with Crippen molar-refractivity contribution in [3.63, 3.8) is 0 Å². The summed E-state index contributed by atoms with van der Waals surface area (Å²) in [4.78, 5) is 18.4. The maximum Gasteiger partial charge on any atom is 0.269 e. The van der Waals surface area contributed by atoms with E-state index in [4.69, 9.17) is 11.6 Å². The van der Waals surface area contributed by atoms with Gasteiger partial charge in [0.15, 0.2) is 0 Å². The van der Waals surface area contributed by atoms with Crippen molar-refractivity contribution in [1.82, 2.24) is 15.2 Å². The third-order valence-electron chi connectivity index (χ3n) is 3.50. The molecule has 0 radical (unpaired) electrons.